The second kappa shape index (κ2) is 6.51. The Kier molecular flexibility index (Phi) is 5.26. The number of anilines is 2. The monoisotopic (exact) mass is 280 g/mol. The van der Waals surface area contributed by atoms with Crippen molar-refractivity contribution in [2.24, 2.45) is 5.84 Å². The van der Waals surface area contributed by atoms with E-state index in [0.717, 1.165) is 0 Å². The topological polar surface area (TPSA) is 96.2 Å². The van der Waals surface area contributed by atoms with Gasteiger partial charge in [-0.2, -0.15) is 0 Å². The van der Waals surface area contributed by atoms with Crippen molar-refractivity contribution in [1.29, 1.82) is 0 Å². The van der Waals surface area contributed by atoms with Crippen LogP contribution in [0.3, 0.4) is 0 Å². The predicted octanol–water partition coefficient (Wildman–Crippen LogP) is 0.632. The number of hydrogen-bond acceptors (Lipinski definition) is 6. The molecule has 4 N–H and O–H groups in total. The molecule has 1 aromatic heterocycles. The third-order valence-corrected chi connectivity index (χ3v) is 2.68. The molecule has 0 aliphatic heterocycles. The molecule has 7 heteroatoms. The molecule has 0 aliphatic rings. The summed E-state index contributed by atoms with van der Waals surface area (Å²) in [5, 5.41) is 2.76. The summed E-state index contributed by atoms with van der Waals surface area (Å²) < 4.78 is 0. The average molecular weight is 280 g/mol. The van der Waals surface area contributed by atoms with Crippen LogP contribution < -0.4 is 21.5 Å². The first-order valence-electron chi connectivity index (χ1n) is 6.62. The molecule has 1 amide bonds. The highest BCUT2D eigenvalue weighted by Gasteiger charge is 2.20. The minimum absolute atomic E-state index is 0.0480. The largest absolute Gasteiger partial charge is 0.355 e. The number of carbonyl (C=O) groups is 1. The number of hydrogen-bond donors (Lipinski definition) is 3. The maximum absolute atomic E-state index is 11.6. The van der Waals surface area contributed by atoms with E-state index < -0.39 is 0 Å². The fourth-order valence-electron chi connectivity index (χ4n) is 1.59. The van der Waals surface area contributed by atoms with E-state index in [-0.39, 0.29) is 17.9 Å². The number of nitrogens with two attached hydrogens (primary N) is 1. The molecule has 1 rings (SSSR count). The Morgan fingerprint density at radius 3 is 2.55 bits per heavy atom. The van der Waals surface area contributed by atoms with Crippen molar-refractivity contribution in [3.05, 3.63) is 11.9 Å². The van der Waals surface area contributed by atoms with Crippen molar-refractivity contribution in [2.75, 3.05) is 30.5 Å². The number of carbonyl (C=O) groups excluding carboxylic acids is 1. The summed E-state index contributed by atoms with van der Waals surface area (Å²) in [6.07, 6.45) is 0. The maximum Gasteiger partial charge on any atom is 0.239 e. The highest BCUT2D eigenvalue weighted by molar-refractivity contribution is 5.80. The number of nitrogens with zero attached hydrogens (tertiary/aromatic N) is 3. The molecular formula is C13H24N6O. The quantitative estimate of drug-likeness (QED) is 0.541. The van der Waals surface area contributed by atoms with Gasteiger partial charge in [0.2, 0.25) is 5.91 Å². The molecule has 20 heavy (non-hydrogen) atoms. The predicted molar refractivity (Wildman–Crippen MR) is 80.5 cm³/mol. The lowest BCUT2D eigenvalue weighted by Crippen LogP contribution is -2.35. The second-order valence-electron chi connectivity index (χ2n) is 5.64. The summed E-state index contributed by atoms with van der Waals surface area (Å²) in [6, 6.07) is 1.72. The van der Waals surface area contributed by atoms with Crippen LogP contribution in [0.2, 0.25) is 0 Å². The molecule has 0 saturated carbocycles. The highest BCUT2D eigenvalue weighted by Crippen LogP contribution is 2.23. The number of amides is 1. The summed E-state index contributed by atoms with van der Waals surface area (Å²) in [5.41, 5.74) is 2.33. The van der Waals surface area contributed by atoms with Gasteiger partial charge in [0.05, 0.1) is 6.54 Å². The minimum Gasteiger partial charge on any atom is -0.355 e. The summed E-state index contributed by atoms with van der Waals surface area (Å²) in [6.45, 7) is 8.80. The smallest absolute Gasteiger partial charge is 0.239 e. The molecular weight excluding hydrogens is 256 g/mol. The van der Waals surface area contributed by atoms with Gasteiger partial charge in [-0.15, -0.1) is 0 Å². The first-order valence-corrected chi connectivity index (χ1v) is 6.62. The van der Waals surface area contributed by atoms with E-state index in [1.807, 2.05) is 34.7 Å². The van der Waals surface area contributed by atoms with E-state index in [0.29, 0.717) is 24.0 Å². The first-order chi connectivity index (χ1) is 9.27. The van der Waals surface area contributed by atoms with Crippen molar-refractivity contribution in [3.8, 4) is 0 Å². The zero-order chi connectivity index (χ0) is 15.3. The molecule has 0 saturated heterocycles. The van der Waals surface area contributed by atoms with E-state index >= 15 is 0 Å². The minimum atomic E-state index is -0.200. The maximum atomic E-state index is 11.6. The molecule has 0 fully saturated rings. The zero-order valence-electron chi connectivity index (χ0n) is 12.8. The molecule has 112 valence electrons. The average Bonchev–Trinajstić information content (AvgIpc) is 2.37. The second-order valence-corrected chi connectivity index (χ2v) is 5.64. The number of likely N-dealkylation sites (N-methyl/N-ethyl adjacent to an activating group) is 2. The van der Waals surface area contributed by atoms with Gasteiger partial charge in [-0.05, 0) is 6.92 Å². The van der Waals surface area contributed by atoms with E-state index in [1.54, 1.807) is 11.0 Å². The standard InChI is InChI=1S/C13H24N6O/c1-6-15-11(20)8-19(5)10-7-9(18-14)16-12(17-10)13(2,3)4/h7H,6,8,14H2,1-5H3,(H,15,20)(H,16,17,18). The molecule has 0 aliphatic carbocycles. The van der Waals surface area contributed by atoms with E-state index in [2.05, 4.69) is 20.7 Å². The molecule has 0 spiro atoms. The van der Waals surface area contributed by atoms with Gasteiger partial charge in [0.15, 0.2) is 0 Å². The van der Waals surface area contributed by atoms with Gasteiger partial charge in [-0.25, -0.2) is 15.8 Å². The number of nitrogens with one attached hydrogen (secondary N) is 2. The first kappa shape index (κ1) is 16.2. The number of hydrazine groups is 1. The molecule has 7 nitrogen and oxygen atoms in total. The third-order valence-electron chi connectivity index (χ3n) is 2.68. The lowest BCUT2D eigenvalue weighted by molar-refractivity contribution is -0.119. The summed E-state index contributed by atoms with van der Waals surface area (Å²) in [4.78, 5) is 22.2. The van der Waals surface area contributed by atoms with Crippen LogP contribution in [0.4, 0.5) is 11.6 Å². The van der Waals surface area contributed by atoms with E-state index in [1.165, 1.54) is 0 Å². The number of aromatic nitrogens is 2. The van der Waals surface area contributed by atoms with Crippen molar-refractivity contribution in [1.82, 2.24) is 15.3 Å². The van der Waals surface area contributed by atoms with Crippen LogP contribution in [0.15, 0.2) is 6.07 Å². The molecule has 0 atom stereocenters. The molecule has 1 heterocycles. The molecule has 0 bridgehead atoms. The van der Waals surface area contributed by atoms with Gasteiger partial charge in [0, 0.05) is 25.1 Å². The zero-order valence-corrected chi connectivity index (χ0v) is 12.8. The van der Waals surface area contributed by atoms with Crippen molar-refractivity contribution in [2.45, 2.75) is 33.1 Å². The summed E-state index contributed by atoms with van der Waals surface area (Å²) >= 11 is 0. The number of rotatable bonds is 5. The Morgan fingerprint density at radius 1 is 1.40 bits per heavy atom. The number of nitrogen functional groups attached to an aromatic ring is 1. The Morgan fingerprint density at radius 2 is 2.05 bits per heavy atom. The van der Waals surface area contributed by atoms with Crippen LogP contribution in [0.5, 0.6) is 0 Å². The third kappa shape index (κ3) is 4.34. The lowest BCUT2D eigenvalue weighted by atomic mass is 9.96. The van der Waals surface area contributed by atoms with Gasteiger partial charge < -0.3 is 15.6 Å². The highest BCUT2D eigenvalue weighted by atomic mass is 16.2. The van der Waals surface area contributed by atoms with Crippen LogP contribution in [0, 0.1) is 0 Å². The fraction of sp³-hybridized carbons (Fsp3) is 0.615. The van der Waals surface area contributed by atoms with Gasteiger partial charge in [-0.3, -0.25) is 4.79 Å². The van der Waals surface area contributed by atoms with Gasteiger partial charge in [0.1, 0.15) is 17.5 Å². The SMILES string of the molecule is CCNC(=O)CN(C)c1cc(NN)nc(C(C)(C)C)n1. The molecule has 0 aromatic carbocycles. The van der Waals surface area contributed by atoms with Crippen LogP contribution in [-0.4, -0.2) is 36.0 Å². The van der Waals surface area contributed by atoms with Gasteiger partial charge >= 0.3 is 0 Å². The van der Waals surface area contributed by atoms with Gasteiger partial charge in [-0.1, -0.05) is 20.8 Å². The molecule has 0 unspecified atom stereocenters. The van der Waals surface area contributed by atoms with Crippen molar-refractivity contribution < 1.29 is 4.79 Å². The fourth-order valence-corrected chi connectivity index (χ4v) is 1.59. The molecule has 0 radical (unpaired) electrons. The van der Waals surface area contributed by atoms with Crippen LogP contribution in [0.1, 0.15) is 33.5 Å². The summed E-state index contributed by atoms with van der Waals surface area (Å²) in [5.74, 6) is 7.25. The van der Waals surface area contributed by atoms with Crippen LogP contribution in [-0.2, 0) is 10.2 Å². The van der Waals surface area contributed by atoms with E-state index in [9.17, 15) is 4.79 Å². The Balaban J connectivity index is 3.02. The van der Waals surface area contributed by atoms with Crippen LogP contribution >= 0.6 is 0 Å². The van der Waals surface area contributed by atoms with Crippen LogP contribution in [0.25, 0.3) is 0 Å². The molecule has 1 aromatic rings. The van der Waals surface area contributed by atoms with Crippen molar-refractivity contribution in [3.63, 3.8) is 0 Å². The Hall–Kier alpha value is -1.89. The normalized spacial score (nSPS) is 11.1. The van der Waals surface area contributed by atoms with Crippen molar-refractivity contribution >= 4 is 17.5 Å². The lowest BCUT2D eigenvalue weighted by Gasteiger charge is -2.22. The summed E-state index contributed by atoms with van der Waals surface area (Å²) in [7, 11) is 1.81. The Bertz CT molecular complexity index is 468. The Labute approximate surface area is 119 Å². The van der Waals surface area contributed by atoms with E-state index in [4.69, 9.17) is 5.84 Å². The van der Waals surface area contributed by atoms with Gasteiger partial charge in [0.25, 0.3) is 0 Å².